The molecule has 0 aromatic heterocycles. The molecule has 2 saturated heterocycles. The van der Waals surface area contributed by atoms with Gasteiger partial charge in [0.1, 0.15) is 5.82 Å². The van der Waals surface area contributed by atoms with E-state index >= 15 is 0 Å². The van der Waals surface area contributed by atoms with Gasteiger partial charge < -0.3 is 4.74 Å². The van der Waals surface area contributed by atoms with Crippen LogP contribution >= 0.6 is 0 Å². The normalized spacial score (nSPS) is 31.6. The van der Waals surface area contributed by atoms with Gasteiger partial charge in [-0.2, -0.15) is 4.31 Å². The van der Waals surface area contributed by atoms with Crippen LogP contribution in [-0.4, -0.2) is 38.0 Å². The third kappa shape index (κ3) is 2.07. The standard InChI is InChI=1S/C13H16FNO3S/c1-9-6-10-7-18-8-13(10)15(9)19(16,17)12-4-2-11(14)3-5-12/h2-5,9-10,13H,6-8H2,1H3/t9-,10-,13+/m1/s1. The molecule has 3 rings (SSSR count). The second-order valence-corrected chi connectivity index (χ2v) is 7.08. The van der Waals surface area contributed by atoms with E-state index in [0.29, 0.717) is 13.2 Å². The van der Waals surface area contributed by atoms with Gasteiger partial charge in [-0.3, -0.25) is 0 Å². The smallest absolute Gasteiger partial charge is 0.243 e. The maximum Gasteiger partial charge on any atom is 0.243 e. The highest BCUT2D eigenvalue weighted by molar-refractivity contribution is 7.89. The third-order valence-electron chi connectivity index (χ3n) is 3.96. The zero-order valence-electron chi connectivity index (χ0n) is 10.6. The lowest BCUT2D eigenvalue weighted by atomic mass is 10.0. The lowest BCUT2D eigenvalue weighted by Gasteiger charge is -2.26. The molecule has 0 radical (unpaired) electrons. The van der Waals surface area contributed by atoms with E-state index in [0.717, 1.165) is 6.42 Å². The van der Waals surface area contributed by atoms with Gasteiger partial charge in [-0.1, -0.05) is 0 Å². The fourth-order valence-electron chi connectivity index (χ4n) is 3.11. The summed E-state index contributed by atoms with van der Waals surface area (Å²) in [7, 11) is -3.57. The highest BCUT2D eigenvalue weighted by Crippen LogP contribution is 2.38. The van der Waals surface area contributed by atoms with Crippen LogP contribution in [0.3, 0.4) is 0 Å². The Kier molecular flexibility index (Phi) is 3.11. The third-order valence-corrected chi connectivity index (χ3v) is 6.01. The molecule has 0 unspecified atom stereocenters. The number of hydrogen-bond donors (Lipinski definition) is 0. The van der Waals surface area contributed by atoms with Gasteiger partial charge in [0, 0.05) is 12.0 Å². The second kappa shape index (κ2) is 4.54. The summed E-state index contributed by atoms with van der Waals surface area (Å²) in [6.07, 6.45) is 0.824. The lowest BCUT2D eigenvalue weighted by molar-refractivity contribution is 0.158. The molecule has 3 atom stereocenters. The minimum absolute atomic E-state index is 0.0334. The van der Waals surface area contributed by atoms with Gasteiger partial charge in [-0.05, 0) is 37.6 Å². The van der Waals surface area contributed by atoms with E-state index in [1.807, 2.05) is 6.92 Å². The summed E-state index contributed by atoms with van der Waals surface area (Å²) in [4.78, 5) is 0.147. The van der Waals surface area contributed by atoms with Crippen molar-refractivity contribution in [1.29, 1.82) is 0 Å². The van der Waals surface area contributed by atoms with E-state index < -0.39 is 15.8 Å². The predicted octanol–water partition coefficient (Wildman–Crippen LogP) is 1.62. The molecule has 0 N–H and O–H groups in total. The molecule has 1 aromatic carbocycles. The molecule has 0 spiro atoms. The Morgan fingerprint density at radius 1 is 1.26 bits per heavy atom. The van der Waals surface area contributed by atoms with Crippen LogP contribution in [0.25, 0.3) is 0 Å². The van der Waals surface area contributed by atoms with Crippen LogP contribution in [-0.2, 0) is 14.8 Å². The average molecular weight is 285 g/mol. The van der Waals surface area contributed by atoms with E-state index in [-0.39, 0.29) is 22.9 Å². The molecule has 2 aliphatic rings. The summed E-state index contributed by atoms with van der Waals surface area (Å²) >= 11 is 0. The summed E-state index contributed by atoms with van der Waals surface area (Å²) in [5.74, 6) is -0.152. The predicted molar refractivity (Wildman–Crippen MR) is 67.6 cm³/mol. The summed E-state index contributed by atoms with van der Waals surface area (Å²) in [5.41, 5.74) is 0. The van der Waals surface area contributed by atoms with Crippen LogP contribution in [0.2, 0.25) is 0 Å². The van der Waals surface area contributed by atoms with Crippen molar-refractivity contribution in [2.45, 2.75) is 30.3 Å². The fraction of sp³-hybridized carbons (Fsp3) is 0.538. The highest BCUT2D eigenvalue weighted by Gasteiger charge is 2.48. The molecular formula is C13H16FNO3S. The van der Waals surface area contributed by atoms with Crippen LogP contribution in [0.4, 0.5) is 4.39 Å². The van der Waals surface area contributed by atoms with Gasteiger partial charge in [0.25, 0.3) is 0 Å². The Morgan fingerprint density at radius 2 is 1.95 bits per heavy atom. The SMILES string of the molecule is C[C@@H]1C[C@@H]2COC[C@@H]2N1S(=O)(=O)c1ccc(F)cc1. The minimum Gasteiger partial charge on any atom is -0.379 e. The van der Waals surface area contributed by atoms with Crippen LogP contribution < -0.4 is 0 Å². The molecule has 1 aromatic rings. The number of halogens is 1. The van der Waals surface area contributed by atoms with Crippen LogP contribution in [0, 0.1) is 11.7 Å². The number of hydrogen-bond acceptors (Lipinski definition) is 3. The van der Waals surface area contributed by atoms with E-state index in [1.54, 1.807) is 0 Å². The van der Waals surface area contributed by atoms with Crippen molar-refractivity contribution in [2.75, 3.05) is 13.2 Å². The molecule has 0 saturated carbocycles. The average Bonchev–Trinajstić information content (AvgIpc) is 2.88. The number of fused-ring (bicyclic) bond motifs is 1. The molecule has 2 fully saturated rings. The Labute approximate surface area is 112 Å². The topological polar surface area (TPSA) is 46.6 Å². The van der Waals surface area contributed by atoms with Gasteiger partial charge in [-0.15, -0.1) is 0 Å². The molecule has 19 heavy (non-hydrogen) atoms. The molecule has 2 aliphatic heterocycles. The van der Waals surface area contributed by atoms with Crippen LogP contribution in [0.15, 0.2) is 29.2 Å². The van der Waals surface area contributed by atoms with Crippen molar-refractivity contribution in [3.63, 3.8) is 0 Å². The molecule has 2 heterocycles. The van der Waals surface area contributed by atoms with E-state index in [1.165, 1.54) is 28.6 Å². The van der Waals surface area contributed by atoms with Crippen LogP contribution in [0.1, 0.15) is 13.3 Å². The van der Waals surface area contributed by atoms with Gasteiger partial charge in [-0.25, -0.2) is 12.8 Å². The first-order valence-electron chi connectivity index (χ1n) is 6.37. The van der Waals surface area contributed by atoms with Gasteiger partial charge in [0.15, 0.2) is 0 Å². The maximum absolute atomic E-state index is 12.9. The number of sulfonamides is 1. The number of nitrogens with zero attached hydrogens (tertiary/aromatic N) is 1. The van der Waals surface area contributed by atoms with Gasteiger partial charge >= 0.3 is 0 Å². The first kappa shape index (κ1) is 13.0. The Balaban J connectivity index is 1.97. The van der Waals surface area contributed by atoms with E-state index in [4.69, 9.17) is 4.74 Å². The maximum atomic E-state index is 12.9. The lowest BCUT2D eigenvalue weighted by Crippen LogP contribution is -2.41. The second-order valence-electron chi connectivity index (χ2n) is 5.24. The van der Waals surface area contributed by atoms with Crippen molar-refractivity contribution < 1.29 is 17.5 Å². The molecule has 4 nitrogen and oxygen atoms in total. The number of benzene rings is 1. The van der Waals surface area contributed by atoms with Crippen molar-refractivity contribution in [2.24, 2.45) is 5.92 Å². The monoisotopic (exact) mass is 285 g/mol. The number of rotatable bonds is 2. The summed E-state index contributed by atoms with van der Waals surface area (Å²) in [6, 6.07) is 4.88. The Hall–Kier alpha value is -0.980. The minimum atomic E-state index is -3.57. The summed E-state index contributed by atoms with van der Waals surface area (Å²) < 4.78 is 45.1. The highest BCUT2D eigenvalue weighted by atomic mass is 32.2. The van der Waals surface area contributed by atoms with Crippen molar-refractivity contribution >= 4 is 10.0 Å². The number of ether oxygens (including phenoxy) is 1. The van der Waals surface area contributed by atoms with Crippen molar-refractivity contribution in [3.8, 4) is 0 Å². The van der Waals surface area contributed by atoms with Crippen molar-refractivity contribution in [3.05, 3.63) is 30.1 Å². The zero-order valence-corrected chi connectivity index (χ0v) is 11.4. The largest absolute Gasteiger partial charge is 0.379 e. The van der Waals surface area contributed by atoms with E-state index in [2.05, 4.69) is 0 Å². The molecule has 6 heteroatoms. The molecule has 104 valence electrons. The molecule has 0 bridgehead atoms. The van der Waals surface area contributed by atoms with Crippen LogP contribution in [0.5, 0.6) is 0 Å². The first-order chi connectivity index (χ1) is 9.00. The molecule has 0 aliphatic carbocycles. The van der Waals surface area contributed by atoms with Crippen molar-refractivity contribution in [1.82, 2.24) is 4.31 Å². The van der Waals surface area contributed by atoms with Gasteiger partial charge in [0.2, 0.25) is 10.0 Å². The summed E-state index contributed by atoms with van der Waals surface area (Å²) in [5, 5.41) is 0. The quantitative estimate of drug-likeness (QED) is 0.829. The fourth-order valence-corrected chi connectivity index (χ4v) is 4.98. The van der Waals surface area contributed by atoms with Gasteiger partial charge in [0.05, 0.1) is 24.2 Å². The molecule has 0 amide bonds. The molecular weight excluding hydrogens is 269 g/mol. The zero-order chi connectivity index (χ0) is 13.6. The van der Waals surface area contributed by atoms with E-state index in [9.17, 15) is 12.8 Å². The first-order valence-corrected chi connectivity index (χ1v) is 7.81. The Morgan fingerprint density at radius 3 is 2.63 bits per heavy atom. The Bertz CT molecular complexity index is 572. The summed E-state index contributed by atoms with van der Waals surface area (Å²) in [6.45, 7) is 3.00.